The van der Waals surface area contributed by atoms with E-state index in [1.54, 1.807) is 12.2 Å². The molecule has 2 heteroatoms. The van der Waals surface area contributed by atoms with Crippen molar-refractivity contribution in [2.75, 3.05) is 0 Å². The summed E-state index contributed by atoms with van der Waals surface area (Å²) in [5, 5.41) is 0. The van der Waals surface area contributed by atoms with Crippen molar-refractivity contribution in [3.63, 3.8) is 0 Å². The summed E-state index contributed by atoms with van der Waals surface area (Å²) in [5.41, 5.74) is 0. The van der Waals surface area contributed by atoms with Gasteiger partial charge in [-0.05, 0) is 6.92 Å². The van der Waals surface area contributed by atoms with Gasteiger partial charge in [-0.2, -0.15) is 0 Å². The third kappa shape index (κ3) is 7.06. The Hall–Kier alpha value is -1.31. The number of hydrogen-bond acceptors (Lipinski definition) is 2. The number of allylic oxidation sites excluding steroid dienone is 1. The Morgan fingerprint density at radius 3 is 2.31 bits per heavy atom. The maximum atomic E-state index is 10.5. The minimum absolute atomic E-state index is 0.0176. The van der Waals surface area contributed by atoms with Gasteiger partial charge in [-0.3, -0.25) is 4.79 Å². The largest absolute Gasteiger partial charge is 0.497 e. The molecule has 0 fully saturated rings. The third-order valence-corrected chi connectivity index (χ3v) is 1.43. The second-order valence-corrected chi connectivity index (χ2v) is 2.72. The Kier molecular flexibility index (Phi) is 6.60. The first-order valence-corrected chi connectivity index (χ1v) is 4.25. The molecule has 0 aromatic rings. The zero-order chi connectivity index (χ0) is 10.1. The Morgan fingerprint density at radius 1 is 1.38 bits per heavy atom. The van der Waals surface area contributed by atoms with E-state index in [9.17, 15) is 4.79 Å². The smallest absolute Gasteiger partial charge is 0.155 e. The van der Waals surface area contributed by atoms with Gasteiger partial charge < -0.3 is 4.74 Å². The van der Waals surface area contributed by atoms with Crippen LogP contribution < -0.4 is 0 Å². The molecule has 0 N–H and O–H groups in total. The van der Waals surface area contributed by atoms with Crippen LogP contribution in [0, 0.1) is 0 Å². The number of ether oxygens (including phenoxy) is 1. The van der Waals surface area contributed by atoms with E-state index in [2.05, 4.69) is 13.2 Å². The van der Waals surface area contributed by atoms with Crippen molar-refractivity contribution in [1.82, 2.24) is 0 Å². The van der Waals surface area contributed by atoms with Crippen LogP contribution in [-0.2, 0) is 9.53 Å². The van der Waals surface area contributed by atoms with Crippen LogP contribution in [0.25, 0.3) is 0 Å². The van der Waals surface area contributed by atoms with Crippen LogP contribution in [0.5, 0.6) is 0 Å². The SMILES string of the molecule is C=CCC(CC=C)O/C=C/C(C)=O. The number of carbonyl (C=O) groups is 1. The molecule has 0 saturated carbocycles. The van der Waals surface area contributed by atoms with E-state index in [0.29, 0.717) is 0 Å². The summed E-state index contributed by atoms with van der Waals surface area (Å²) in [6.45, 7) is 8.72. The van der Waals surface area contributed by atoms with Gasteiger partial charge in [-0.1, -0.05) is 12.2 Å². The summed E-state index contributed by atoms with van der Waals surface area (Å²) in [7, 11) is 0. The predicted molar refractivity (Wildman–Crippen MR) is 54.3 cm³/mol. The molecule has 0 atom stereocenters. The van der Waals surface area contributed by atoms with E-state index in [4.69, 9.17) is 4.74 Å². The van der Waals surface area contributed by atoms with Gasteiger partial charge in [0.05, 0.1) is 6.26 Å². The van der Waals surface area contributed by atoms with E-state index in [1.807, 2.05) is 0 Å². The first-order valence-electron chi connectivity index (χ1n) is 4.25. The molecule has 0 aliphatic heterocycles. The fourth-order valence-electron chi connectivity index (χ4n) is 0.825. The maximum absolute atomic E-state index is 10.5. The molecule has 0 aromatic heterocycles. The monoisotopic (exact) mass is 180 g/mol. The molecule has 0 saturated heterocycles. The molecule has 0 spiro atoms. The van der Waals surface area contributed by atoms with Crippen molar-refractivity contribution in [2.24, 2.45) is 0 Å². The molecule has 0 bridgehead atoms. The number of ketones is 1. The van der Waals surface area contributed by atoms with Crippen molar-refractivity contribution >= 4 is 5.78 Å². The average Bonchev–Trinajstić information content (AvgIpc) is 2.04. The summed E-state index contributed by atoms with van der Waals surface area (Å²) in [5.74, 6) is -0.0176. The summed E-state index contributed by atoms with van der Waals surface area (Å²) in [6, 6.07) is 0. The topological polar surface area (TPSA) is 26.3 Å². The van der Waals surface area contributed by atoms with Crippen LogP contribution in [0.3, 0.4) is 0 Å². The highest BCUT2D eigenvalue weighted by atomic mass is 16.5. The first kappa shape index (κ1) is 11.7. The Bertz CT molecular complexity index is 194. The molecule has 0 unspecified atom stereocenters. The van der Waals surface area contributed by atoms with Gasteiger partial charge in [0.1, 0.15) is 6.10 Å². The van der Waals surface area contributed by atoms with Gasteiger partial charge in [0.2, 0.25) is 0 Å². The molecule has 0 rings (SSSR count). The van der Waals surface area contributed by atoms with Crippen LogP contribution in [0.4, 0.5) is 0 Å². The average molecular weight is 180 g/mol. The summed E-state index contributed by atoms with van der Waals surface area (Å²) >= 11 is 0. The minimum Gasteiger partial charge on any atom is -0.497 e. The van der Waals surface area contributed by atoms with E-state index in [0.717, 1.165) is 12.8 Å². The summed E-state index contributed by atoms with van der Waals surface area (Å²) in [4.78, 5) is 10.5. The molecule has 0 heterocycles. The maximum Gasteiger partial charge on any atom is 0.155 e. The minimum atomic E-state index is -0.0176. The fraction of sp³-hybridized carbons (Fsp3) is 0.364. The van der Waals surface area contributed by atoms with E-state index in [1.165, 1.54) is 19.3 Å². The van der Waals surface area contributed by atoms with Crippen LogP contribution >= 0.6 is 0 Å². The highest BCUT2D eigenvalue weighted by Crippen LogP contribution is 2.05. The molecular formula is C11H16O2. The van der Waals surface area contributed by atoms with Crippen molar-refractivity contribution in [3.05, 3.63) is 37.6 Å². The van der Waals surface area contributed by atoms with Crippen LogP contribution in [0.1, 0.15) is 19.8 Å². The standard InChI is InChI=1S/C11H16O2/c1-4-6-11(7-5-2)13-9-8-10(3)12/h4-5,8-9,11H,1-2,6-7H2,3H3/b9-8+. The van der Waals surface area contributed by atoms with Gasteiger partial charge in [0, 0.05) is 18.9 Å². The van der Waals surface area contributed by atoms with Gasteiger partial charge in [-0.15, -0.1) is 13.2 Å². The highest BCUT2D eigenvalue weighted by Gasteiger charge is 2.02. The van der Waals surface area contributed by atoms with Crippen molar-refractivity contribution < 1.29 is 9.53 Å². The van der Waals surface area contributed by atoms with E-state index in [-0.39, 0.29) is 11.9 Å². The number of carbonyl (C=O) groups excluding carboxylic acids is 1. The van der Waals surface area contributed by atoms with Crippen molar-refractivity contribution in [3.8, 4) is 0 Å². The fourth-order valence-corrected chi connectivity index (χ4v) is 0.825. The molecule has 2 nitrogen and oxygen atoms in total. The number of rotatable bonds is 7. The Morgan fingerprint density at radius 2 is 1.92 bits per heavy atom. The first-order chi connectivity index (χ1) is 6.20. The summed E-state index contributed by atoms with van der Waals surface area (Å²) < 4.78 is 5.29. The quantitative estimate of drug-likeness (QED) is 0.342. The molecule has 0 radical (unpaired) electrons. The Labute approximate surface area is 79.6 Å². The zero-order valence-electron chi connectivity index (χ0n) is 8.03. The van der Waals surface area contributed by atoms with E-state index >= 15 is 0 Å². The van der Waals surface area contributed by atoms with Crippen molar-refractivity contribution in [1.29, 1.82) is 0 Å². The molecule has 0 aromatic carbocycles. The Balaban J connectivity index is 3.86. The lowest BCUT2D eigenvalue weighted by Crippen LogP contribution is -2.06. The lowest BCUT2D eigenvalue weighted by atomic mass is 10.2. The van der Waals surface area contributed by atoms with Gasteiger partial charge in [0.25, 0.3) is 0 Å². The highest BCUT2D eigenvalue weighted by molar-refractivity contribution is 5.86. The van der Waals surface area contributed by atoms with Gasteiger partial charge >= 0.3 is 0 Å². The molecular weight excluding hydrogens is 164 g/mol. The molecule has 0 aliphatic carbocycles. The van der Waals surface area contributed by atoms with Crippen LogP contribution in [0.2, 0.25) is 0 Å². The van der Waals surface area contributed by atoms with Crippen LogP contribution in [-0.4, -0.2) is 11.9 Å². The number of hydrogen-bond donors (Lipinski definition) is 0. The van der Waals surface area contributed by atoms with E-state index < -0.39 is 0 Å². The molecule has 13 heavy (non-hydrogen) atoms. The predicted octanol–water partition coefficient (Wildman–Crippen LogP) is 2.63. The second kappa shape index (κ2) is 7.35. The lowest BCUT2D eigenvalue weighted by molar-refractivity contribution is -0.112. The third-order valence-electron chi connectivity index (χ3n) is 1.43. The second-order valence-electron chi connectivity index (χ2n) is 2.72. The summed E-state index contributed by atoms with van der Waals surface area (Å²) in [6.07, 6.45) is 7.97. The normalized spacial score (nSPS) is 10.3. The lowest BCUT2D eigenvalue weighted by Gasteiger charge is -2.11. The molecule has 0 aliphatic rings. The van der Waals surface area contributed by atoms with Crippen LogP contribution in [0.15, 0.2) is 37.6 Å². The molecule has 0 amide bonds. The molecule has 72 valence electrons. The van der Waals surface area contributed by atoms with Gasteiger partial charge in [0.15, 0.2) is 5.78 Å². The van der Waals surface area contributed by atoms with Gasteiger partial charge in [-0.25, -0.2) is 0 Å². The zero-order valence-corrected chi connectivity index (χ0v) is 8.03. The van der Waals surface area contributed by atoms with Crippen molar-refractivity contribution in [2.45, 2.75) is 25.9 Å².